The molecule has 7 nitrogen and oxygen atoms in total. The number of hydrogen-bond acceptors (Lipinski definition) is 4. The number of amides is 2. The summed E-state index contributed by atoms with van der Waals surface area (Å²) in [6, 6.07) is 16.6. The third-order valence-corrected chi connectivity index (χ3v) is 7.93. The SMILES string of the molecule is CCNC(=O)C(C)N(Cc1ccccc1F)C(=O)CN(c1cc(Cl)ccc1Cl)S(=O)(=O)c1ccccc1. The number of sulfonamides is 1. The van der Waals surface area contributed by atoms with E-state index in [1.165, 1.54) is 55.5 Å². The van der Waals surface area contributed by atoms with Gasteiger partial charge in [0, 0.05) is 23.7 Å². The van der Waals surface area contributed by atoms with Gasteiger partial charge in [-0.3, -0.25) is 13.9 Å². The van der Waals surface area contributed by atoms with Crippen LogP contribution in [0.5, 0.6) is 0 Å². The lowest BCUT2D eigenvalue weighted by atomic mass is 10.1. The van der Waals surface area contributed by atoms with Crippen LogP contribution in [0.1, 0.15) is 19.4 Å². The number of carbonyl (C=O) groups excluding carboxylic acids is 2. The Bertz CT molecular complexity index is 1370. The Morgan fingerprint density at radius 3 is 2.30 bits per heavy atom. The predicted octanol–water partition coefficient (Wildman–Crippen LogP) is 4.88. The van der Waals surface area contributed by atoms with Gasteiger partial charge in [-0.25, -0.2) is 12.8 Å². The van der Waals surface area contributed by atoms with Crippen molar-refractivity contribution in [3.63, 3.8) is 0 Å². The lowest BCUT2D eigenvalue weighted by Crippen LogP contribution is -2.51. The fourth-order valence-corrected chi connectivity index (χ4v) is 5.51. The third kappa shape index (κ3) is 6.80. The van der Waals surface area contributed by atoms with Gasteiger partial charge in [-0.05, 0) is 50.2 Å². The molecule has 0 aliphatic rings. The van der Waals surface area contributed by atoms with Gasteiger partial charge in [-0.2, -0.15) is 0 Å². The maximum atomic E-state index is 14.5. The summed E-state index contributed by atoms with van der Waals surface area (Å²) in [5.41, 5.74) is 0.160. The number of nitrogens with one attached hydrogen (secondary N) is 1. The molecule has 0 bridgehead atoms. The van der Waals surface area contributed by atoms with Crippen molar-refractivity contribution < 1.29 is 22.4 Å². The van der Waals surface area contributed by atoms with E-state index in [0.717, 1.165) is 9.21 Å². The van der Waals surface area contributed by atoms with Crippen molar-refractivity contribution >= 4 is 50.7 Å². The lowest BCUT2D eigenvalue weighted by Gasteiger charge is -2.32. The van der Waals surface area contributed by atoms with Gasteiger partial charge in [-0.1, -0.05) is 59.6 Å². The summed E-state index contributed by atoms with van der Waals surface area (Å²) in [7, 11) is -4.29. The highest BCUT2D eigenvalue weighted by Gasteiger charge is 2.33. The van der Waals surface area contributed by atoms with Crippen LogP contribution >= 0.6 is 23.2 Å². The van der Waals surface area contributed by atoms with Crippen LogP contribution in [0.25, 0.3) is 0 Å². The number of nitrogens with zero attached hydrogens (tertiary/aromatic N) is 2. The molecule has 0 fully saturated rings. The van der Waals surface area contributed by atoms with Crippen molar-refractivity contribution in [2.45, 2.75) is 31.3 Å². The van der Waals surface area contributed by atoms with Crippen LogP contribution < -0.4 is 9.62 Å². The fraction of sp³-hybridized carbons (Fsp3) is 0.231. The zero-order valence-corrected chi connectivity index (χ0v) is 22.5. The maximum absolute atomic E-state index is 14.5. The summed E-state index contributed by atoms with van der Waals surface area (Å²) in [6.07, 6.45) is 0. The van der Waals surface area contributed by atoms with Gasteiger partial charge in [0.15, 0.2) is 0 Å². The number of anilines is 1. The number of benzene rings is 3. The molecule has 3 aromatic rings. The van der Waals surface area contributed by atoms with Gasteiger partial charge in [0.1, 0.15) is 18.4 Å². The van der Waals surface area contributed by atoms with Gasteiger partial charge in [0.05, 0.1) is 15.6 Å². The molecule has 3 rings (SSSR count). The van der Waals surface area contributed by atoms with E-state index >= 15 is 0 Å². The molecule has 3 aromatic carbocycles. The second-order valence-corrected chi connectivity index (χ2v) is 10.8. The molecule has 0 aromatic heterocycles. The average Bonchev–Trinajstić information content (AvgIpc) is 2.88. The highest BCUT2D eigenvalue weighted by atomic mass is 35.5. The van der Waals surface area contributed by atoms with Crippen LogP contribution in [0.2, 0.25) is 10.0 Å². The van der Waals surface area contributed by atoms with Crippen LogP contribution in [-0.2, 0) is 26.2 Å². The van der Waals surface area contributed by atoms with E-state index in [9.17, 15) is 22.4 Å². The molecular formula is C26H26Cl2FN3O4S. The molecule has 0 aliphatic heterocycles. The van der Waals surface area contributed by atoms with Crippen LogP contribution in [0.3, 0.4) is 0 Å². The van der Waals surface area contributed by atoms with Crippen molar-refractivity contribution in [2.75, 3.05) is 17.4 Å². The van der Waals surface area contributed by atoms with Gasteiger partial charge < -0.3 is 10.2 Å². The predicted molar refractivity (Wildman–Crippen MR) is 143 cm³/mol. The number of halogens is 3. The standard InChI is InChI=1S/C26H26Cl2FN3O4S/c1-3-30-26(34)18(2)31(16-19-9-7-8-12-23(19)29)25(33)17-32(24-15-20(27)13-14-22(24)28)37(35,36)21-10-5-4-6-11-21/h4-15,18H,3,16-17H2,1-2H3,(H,30,34). The Hall–Kier alpha value is -3.14. The molecule has 1 N–H and O–H groups in total. The quantitative estimate of drug-likeness (QED) is 0.379. The Morgan fingerprint density at radius 2 is 1.65 bits per heavy atom. The summed E-state index contributed by atoms with van der Waals surface area (Å²) >= 11 is 12.5. The lowest BCUT2D eigenvalue weighted by molar-refractivity contribution is -0.139. The van der Waals surface area contributed by atoms with Gasteiger partial charge >= 0.3 is 0 Å². The molecule has 1 atom stereocenters. The van der Waals surface area contributed by atoms with Crippen molar-refractivity contribution in [1.29, 1.82) is 0 Å². The Labute approximate surface area is 225 Å². The average molecular weight is 566 g/mol. The topological polar surface area (TPSA) is 86.8 Å². The van der Waals surface area contributed by atoms with E-state index < -0.39 is 40.2 Å². The van der Waals surface area contributed by atoms with Crippen molar-refractivity contribution in [3.05, 3.63) is 94.2 Å². The minimum atomic E-state index is -4.29. The Morgan fingerprint density at radius 1 is 1.00 bits per heavy atom. The molecule has 2 amide bonds. The normalized spacial score (nSPS) is 12.0. The third-order valence-electron chi connectivity index (χ3n) is 5.60. The zero-order valence-electron chi connectivity index (χ0n) is 20.2. The van der Waals surface area contributed by atoms with Crippen molar-refractivity contribution in [1.82, 2.24) is 10.2 Å². The molecule has 196 valence electrons. The minimum Gasteiger partial charge on any atom is -0.355 e. The molecule has 37 heavy (non-hydrogen) atoms. The van der Waals surface area contributed by atoms with Gasteiger partial charge in [0.25, 0.3) is 10.0 Å². The fourth-order valence-electron chi connectivity index (χ4n) is 3.62. The van der Waals surface area contributed by atoms with E-state index in [1.54, 1.807) is 31.2 Å². The number of hydrogen-bond donors (Lipinski definition) is 1. The first-order valence-electron chi connectivity index (χ1n) is 11.4. The maximum Gasteiger partial charge on any atom is 0.264 e. The first-order chi connectivity index (χ1) is 17.6. The first kappa shape index (κ1) is 28.4. The Balaban J connectivity index is 2.07. The minimum absolute atomic E-state index is 0.0112. The van der Waals surface area contributed by atoms with Gasteiger partial charge in [0.2, 0.25) is 11.8 Å². The molecule has 0 spiro atoms. The zero-order chi connectivity index (χ0) is 27.2. The molecule has 0 saturated carbocycles. The molecule has 0 saturated heterocycles. The molecule has 0 aliphatic carbocycles. The van der Waals surface area contributed by atoms with Crippen LogP contribution in [0.15, 0.2) is 77.7 Å². The summed E-state index contributed by atoms with van der Waals surface area (Å²) in [5, 5.41) is 2.90. The van der Waals surface area contributed by atoms with E-state index in [-0.39, 0.29) is 32.7 Å². The molecule has 1 unspecified atom stereocenters. The number of likely N-dealkylation sites (N-methyl/N-ethyl adjacent to an activating group) is 1. The largest absolute Gasteiger partial charge is 0.355 e. The van der Waals surface area contributed by atoms with Crippen molar-refractivity contribution in [2.24, 2.45) is 0 Å². The van der Waals surface area contributed by atoms with E-state index in [4.69, 9.17) is 23.2 Å². The highest BCUT2D eigenvalue weighted by molar-refractivity contribution is 7.92. The summed E-state index contributed by atoms with van der Waals surface area (Å²) < 4.78 is 42.7. The number of rotatable bonds is 10. The Kier molecular flexibility index (Phi) is 9.53. The molecule has 11 heteroatoms. The van der Waals surface area contributed by atoms with Gasteiger partial charge in [-0.15, -0.1) is 0 Å². The van der Waals surface area contributed by atoms with Crippen LogP contribution in [0, 0.1) is 5.82 Å². The summed E-state index contributed by atoms with van der Waals surface area (Å²) in [6.45, 7) is 2.56. The van der Waals surface area contributed by atoms with Crippen LogP contribution in [-0.4, -0.2) is 44.3 Å². The molecular weight excluding hydrogens is 540 g/mol. The first-order valence-corrected chi connectivity index (χ1v) is 13.6. The second-order valence-electron chi connectivity index (χ2n) is 8.10. The summed E-state index contributed by atoms with van der Waals surface area (Å²) in [4.78, 5) is 27.4. The van der Waals surface area contributed by atoms with Crippen LogP contribution in [0.4, 0.5) is 10.1 Å². The molecule has 0 heterocycles. The second kappa shape index (κ2) is 12.4. The smallest absolute Gasteiger partial charge is 0.264 e. The monoisotopic (exact) mass is 565 g/mol. The molecule has 0 radical (unpaired) electrons. The van der Waals surface area contributed by atoms with E-state index in [2.05, 4.69) is 5.32 Å². The van der Waals surface area contributed by atoms with E-state index in [1.807, 2.05) is 0 Å². The highest BCUT2D eigenvalue weighted by Crippen LogP contribution is 2.33. The van der Waals surface area contributed by atoms with Crippen molar-refractivity contribution in [3.8, 4) is 0 Å². The van der Waals surface area contributed by atoms with E-state index in [0.29, 0.717) is 6.54 Å². The number of carbonyl (C=O) groups is 2. The summed E-state index contributed by atoms with van der Waals surface area (Å²) in [5.74, 6) is -1.77.